The number of aryl methyl sites for hydroxylation is 2. The van der Waals surface area contributed by atoms with Crippen LogP contribution in [0.25, 0.3) is 11.0 Å². The van der Waals surface area contributed by atoms with E-state index in [1.807, 2.05) is 38.1 Å². The molecule has 4 rings (SSSR count). The third-order valence-electron chi connectivity index (χ3n) is 6.41. The highest BCUT2D eigenvalue weighted by Gasteiger charge is 2.24. The van der Waals surface area contributed by atoms with Crippen LogP contribution in [0, 0.1) is 13.8 Å². The molecule has 1 saturated heterocycles. The van der Waals surface area contributed by atoms with Gasteiger partial charge in [0.25, 0.3) is 0 Å². The van der Waals surface area contributed by atoms with Gasteiger partial charge in [-0.3, -0.25) is 0 Å². The van der Waals surface area contributed by atoms with E-state index in [1.54, 1.807) is 18.1 Å². The predicted octanol–water partition coefficient (Wildman–Crippen LogP) is 0.781. The number of hydrogen-bond donors (Lipinski definition) is 2. The van der Waals surface area contributed by atoms with Crippen LogP contribution in [-0.4, -0.2) is 46.4 Å². The van der Waals surface area contributed by atoms with Crippen molar-refractivity contribution in [2.24, 2.45) is 0 Å². The van der Waals surface area contributed by atoms with Crippen molar-refractivity contribution in [3.63, 3.8) is 0 Å². The maximum atomic E-state index is 12.1. The number of piperazine rings is 1. The SMILES string of the molecule is COc1ccc(OCC[NH+]2CC[NH+](Cc3cc(=O)oc4c(C)c(C)ccc34)CC2)cc1. The van der Waals surface area contributed by atoms with Crippen molar-refractivity contribution in [2.75, 3.05) is 46.4 Å². The second kappa shape index (κ2) is 9.54. The van der Waals surface area contributed by atoms with Crippen molar-refractivity contribution in [1.29, 1.82) is 0 Å². The number of fused-ring (bicyclic) bond motifs is 1. The van der Waals surface area contributed by atoms with Crippen LogP contribution in [0.2, 0.25) is 0 Å². The first-order valence-corrected chi connectivity index (χ1v) is 11.0. The van der Waals surface area contributed by atoms with Gasteiger partial charge >= 0.3 is 5.63 Å². The Morgan fingerprint density at radius 2 is 1.61 bits per heavy atom. The zero-order chi connectivity index (χ0) is 21.8. The predicted molar refractivity (Wildman–Crippen MR) is 120 cm³/mol. The Balaban J connectivity index is 1.30. The van der Waals surface area contributed by atoms with Crippen molar-refractivity contribution < 1.29 is 23.7 Å². The second-order valence-electron chi connectivity index (χ2n) is 8.43. The lowest BCUT2D eigenvalue weighted by Crippen LogP contribution is -3.27. The fourth-order valence-corrected chi connectivity index (χ4v) is 4.31. The monoisotopic (exact) mass is 424 g/mol. The Kier molecular flexibility index (Phi) is 6.59. The van der Waals surface area contributed by atoms with Gasteiger partial charge in [-0.1, -0.05) is 12.1 Å². The highest BCUT2D eigenvalue weighted by molar-refractivity contribution is 5.83. The molecule has 1 aliphatic rings. The Morgan fingerprint density at radius 1 is 0.935 bits per heavy atom. The summed E-state index contributed by atoms with van der Waals surface area (Å²) in [6.07, 6.45) is 0. The molecule has 1 fully saturated rings. The fraction of sp³-hybridized carbons (Fsp3) is 0.400. The Hall–Kier alpha value is -2.83. The quantitative estimate of drug-likeness (QED) is 0.551. The van der Waals surface area contributed by atoms with Crippen LogP contribution in [0.15, 0.2) is 51.7 Å². The minimum absolute atomic E-state index is 0.254. The molecule has 2 aromatic carbocycles. The smallest absolute Gasteiger partial charge is 0.336 e. The maximum absolute atomic E-state index is 12.1. The molecular weight excluding hydrogens is 392 g/mol. The molecule has 0 unspecified atom stereocenters. The molecule has 6 heteroatoms. The number of methoxy groups -OCH3 is 1. The summed E-state index contributed by atoms with van der Waals surface area (Å²) < 4.78 is 16.6. The molecule has 2 N–H and O–H groups in total. The largest absolute Gasteiger partial charge is 0.497 e. The topological polar surface area (TPSA) is 57.6 Å². The third-order valence-corrected chi connectivity index (χ3v) is 6.41. The molecule has 0 aliphatic carbocycles. The summed E-state index contributed by atoms with van der Waals surface area (Å²) >= 11 is 0. The van der Waals surface area contributed by atoms with Gasteiger partial charge in [0.15, 0.2) is 0 Å². The summed E-state index contributed by atoms with van der Waals surface area (Å²) in [5, 5.41) is 1.07. The van der Waals surface area contributed by atoms with E-state index in [0.29, 0.717) is 6.61 Å². The number of quaternary nitrogens is 2. The van der Waals surface area contributed by atoms with Gasteiger partial charge in [-0.15, -0.1) is 0 Å². The minimum atomic E-state index is -0.254. The summed E-state index contributed by atoms with van der Waals surface area (Å²) in [4.78, 5) is 15.2. The Morgan fingerprint density at radius 3 is 2.32 bits per heavy atom. The maximum Gasteiger partial charge on any atom is 0.336 e. The van der Waals surface area contributed by atoms with E-state index in [-0.39, 0.29) is 5.63 Å². The molecule has 1 aromatic heterocycles. The first kappa shape index (κ1) is 21.4. The molecule has 6 nitrogen and oxygen atoms in total. The van der Waals surface area contributed by atoms with Gasteiger partial charge in [0.1, 0.15) is 63.0 Å². The molecular formula is C25H32N2O4+2. The van der Waals surface area contributed by atoms with Crippen LogP contribution in [0.3, 0.4) is 0 Å². The highest BCUT2D eigenvalue weighted by Crippen LogP contribution is 2.22. The van der Waals surface area contributed by atoms with Crippen molar-refractivity contribution in [2.45, 2.75) is 20.4 Å². The third kappa shape index (κ3) is 5.09. The van der Waals surface area contributed by atoms with E-state index in [1.165, 1.54) is 4.90 Å². The van der Waals surface area contributed by atoms with Crippen LogP contribution in [0.5, 0.6) is 11.5 Å². The molecule has 0 atom stereocenters. The normalized spacial score (nSPS) is 18.8. The molecule has 1 aliphatic heterocycles. The van der Waals surface area contributed by atoms with E-state index in [0.717, 1.165) is 78.4 Å². The molecule has 164 valence electrons. The fourth-order valence-electron chi connectivity index (χ4n) is 4.31. The van der Waals surface area contributed by atoms with E-state index in [4.69, 9.17) is 13.9 Å². The van der Waals surface area contributed by atoms with Gasteiger partial charge in [0.05, 0.1) is 7.11 Å². The van der Waals surface area contributed by atoms with E-state index < -0.39 is 0 Å². The summed E-state index contributed by atoms with van der Waals surface area (Å²) in [6.45, 7) is 11.0. The molecule has 2 heterocycles. The molecule has 0 amide bonds. The standard InChI is InChI=1S/C25H30N2O4/c1-18-4-9-23-20(16-24(28)31-25(23)19(18)2)17-27-12-10-26(11-13-27)14-15-30-22-7-5-21(29-3)6-8-22/h4-9,16H,10-15,17H2,1-3H3/p+2. The van der Waals surface area contributed by atoms with Crippen molar-refractivity contribution in [3.8, 4) is 11.5 Å². The van der Waals surface area contributed by atoms with Crippen LogP contribution >= 0.6 is 0 Å². The van der Waals surface area contributed by atoms with E-state index in [2.05, 4.69) is 12.1 Å². The van der Waals surface area contributed by atoms with Crippen molar-refractivity contribution in [3.05, 3.63) is 69.6 Å². The molecule has 0 saturated carbocycles. The molecule has 0 bridgehead atoms. The van der Waals surface area contributed by atoms with Crippen molar-refractivity contribution >= 4 is 11.0 Å². The number of nitrogens with one attached hydrogen (secondary N) is 2. The van der Waals surface area contributed by atoms with Gasteiger partial charge in [0, 0.05) is 17.0 Å². The molecule has 0 spiro atoms. The van der Waals surface area contributed by atoms with Crippen LogP contribution in [0.1, 0.15) is 16.7 Å². The van der Waals surface area contributed by atoms with Gasteiger partial charge in [0.2, 0.25) is 0 Å². The van der Waals surface area contributed by atoms with Crippen LogP contribution < -0.4 is 24.9 Å². The van der Waals surface area contributed by atoms with E-state index in [9.17, 15) is 4.79 Å². The highest BCUT2D eigenvalue weighted by atomic mass is 16.5. The lowest BCUT2D eigenvalue weighted by atomic mass is 10.0. The summed E-state index contributed by atoms with van der Waals surface area (Å²) in [7, 11) is 1.66. The van der Waals surface area contributed by atoms with E-state index >= 15 is 0 Å². The average Bonchev–Trinajstić information content (AvgIpc) is 2.78. The first-order valence-electron chi connectivity index (χ1n) is 11.0. The number of benzene rings is 2. The van der Waals surface area contributed by atoms with Crippen LogP contribution in [0.4, 0.5) is 0 Å². The van der Waals surface area contributed by atoms with Gasteiger partial charge in [-0.2, -0.15) is 0 Å². The van der Waals surface area contributed by atoms with Crippen molar-refractivity contribution in [1.82, 2.24) is 0 Å². The molecule has 31 heavy (non-hydrogen) atoms. The summed E-state index contributed by atoms with van der Waals surface area (Å²) in [5.41, 5.74) is 3.78. The first-order chi connectivity index (χ1) is 15.0. The Bertz CT molecular complexity index is 1080. The average molecular weight is 425 g/mol. The lowest BCUT2D eigenvalue weighted by molar-refractivity contribution is -1.02. The zero-order valence-electron chi connectivity index (χ0n) is 18.6. The molecule has 0 radical (unpaired) electrons. The number of ether oxygens (including phenoxy) is 2. The summed E-state index contributed by atoms with van der Waals surface area (Å²) in [5.74, 6) is 1.72. The lowest BCUT2D eigenvalue weighted by Gasteiger charge is -2.29. The summed E-state index contributed by atoms with van der Waals surface area (Å²) in [6, 6.07) is 13.6. The Labute approximate surface area is 183 Å². The van der Waals surface area contributed by atoms with Gasteiger partial charge < -0.3 is 23.7 Å². The number of rotatable bonds is 7. The molecule has 3 aromatic rings. The minimum Gasteiger partial charge on any atom is -0.497 e. The van der Waals surface area contributed by atoms with Crippen LogP contribution in [-0.2, 0) is 6.54 Å². The number of hydrogen-bond acceptors (Lipinski definition) is 4. The zero-order valence-corrected chi connectivity index (χ0v) is 18.6. The van der Waals surface area contributed by atoms with Gasteiger partial charge in [-0.05, 0) is 49.2 Å². The van der Waals surface area contributed by atoms with Gasteiger partial charge in [-0.25, -0.2) is 4.79 Å². The second-order valence-corrected chi connectivity index (χ2v) is 8.43.